The van der Waals surface area contributed by atoms with Gasteiger partial charge < -0.3 is 0 Å². The van der Waals surface area contributed by atoms with Crippen molar-refractivity contribution in [2.24, 2.45) is 0 Å². The molecule has 178 valence electrons. The molecule has 0 saturated heterocycles. The SMILES string of the molecule is CCOC(=O)c1coc([C@@]2(COB=N)CC[C@H](N(Cc3ccc(OC)cc3)S(C)(=O)=O)C2)n1. The van der Waals surface area contributed by atoms with Gasteiger partial charge in [0.05, 0.1) is 7.11 Å². The van der Waals surface area contributed by atoms with Gasteiger partial charge in [-0.3, -0.25) is 0 Å². The summed E-state index contributed by atoms with van der Waals surface area (Å²) in [5.74, 6) is 0.366. The van der Waals surface area contributed by atoms with E-state index in [9.17, 15) is 13.2 Å². The van der Waals surface area contributed by atoms with E-state index in [4.69, 9.17) is 23.9 Å². The van der Waals surface area contributed by atoms with Gasteiger partial charge >= 0.3 is 187 Å². The minimum absolute atomic E-state index is 0.0442. The van der Waals surface area contributed by atoms with E-state index in [-0.39, 0.29) is 37.4 Å². The van der Waals surface area contributed by atoms with E-state index in [1.165, 1.54) is 16.8 Å². The zero-order chi connectivity index (χ0) is 24.1. The Labute approximate surface area is 194 Å². The number of nitrogens with one attached hydrogen (secondary N) is 1. The summed E-state index contributed by atoms with van der Waals surface area (Å²) in [6.45, 7) is 2.19. The molecule has 1 heterocycles. The zero-order valence-electron chi connectivity index (χ0n) is 18.9. The zero-order valence-corrected chi connectivity index (χ0v) is 19.8. The molecule has 1 aromatic heterocycles. The Morgan fingerprint density at radius 2 is 2.09 bits per heavy atom. The van der Waals surface area contributed by atoms with Crippen molar-refractivity contribution in [1.82, 2.24) is 9.29 Å². The molecule has 1 aliphatic rings. The quantitative estimate of drug-likeness (QED) is 0.386. The van der Waals surface area contributed by atoms with E-state index in [0.29, 0.717) is 25.0 Å². The van der Waals surface area contributed by atoms with Crippen molar-refractivity contribution in [2.75, 3.05) is 26.6 Å². The van der Waals surface area contributed by atoms with E-state index in [0.717, 1.165) is 12.8 Å². The number of esters is 1. The molecular weight excluding hydrogens is 449 g/mol. The van der Waals surface area contributed by atoms with Crippen molar-refractivity contribution >= 4 is 23.3 Å². The predicted molar refractivity (Wildman–Crippen MR) is 120 cm³/mol. The van der Waals surface area contributed by atoms with Gasteiger partial charge in [-0.15, -0.1) is 0 Å². The third-order valence-electron chi connectivity index (χ3n) is 5.80. The molecule has 0 unspecified atom stereocenters. The van der Waals surface area contributed by atoms with Crippen LogP contribution in [0.1, 0.15) is 48.1 Å². The number of sulfonamides is 1. The van der Waals surface area contributed by atoms with Crippen LogP contribution in [0.4, 0.5) is 0 Å². The molecule has 1 aromatic carbocycles. The van der Waals surface area contributed by atoms with Gasteiger partial charge in [0.15, 0.2) is 0 Å². The maximum absolute atomic E-state index is 12.7. The van der Waals surface area contributed by atoms with Crippen molar-refractivity contribution < 1.29 is 31.8 Å². The van der Waals surface area contributed by atoms with Gasteiger partial charge in [0, 0.05) is 0 Å². The number of hydrogen-bond acceptors (Lipinski definition) is 9. The molecule has 0 amide bonds. The van der Waals surface area contributed by atoms with Crippen LogP contribution in [0.25, 0.3) is 0 Å². The number of aromatic nitrogens is 1. The summed E-state index contributed by atoms with van der Waals surface area (Å²) in [5.41, 5.74) is 0.0911. The van der Waals surface area contributed by atoms with Crippen LogP contribution in [-0.4, -0.2) is 63.6 Å². The van der Waals surface area contributed by atoms with E-state index in [2.05, 4.69) is 4.98 Å². The van der Waals surface area contributed by atoms with Gasteiger partial charge in [0.2, 0.25) is 0 Å². The molecule has 0 bridgehead atoms. The molecule has 2 atom stereocenters. The molecule has 0 spiro atoms. The van der Waals surface area contributed by atoms with Crippen LogP contribution in [0.3, 0.4) is 0 Å². The fourth-order valence-corrected chi connectivity index (χ4v) is 5.28. The first-order chi connectivity index (χ1) is 15.7. The number of ether oxygens (including phenoxy) is 2. The number of carbonyl (C=O) groups excluding carboxylic acids is 1. The van der Waals surface area contributed by atoms with Crippen molar-refractivity contribution in [1.29, 1.82) is 5.31 Å². The summed E-state index contributed by atoms with van der Waals surface area (Å²) in [6, 6.07) is 6.90. The third kappa shape index (κ3) is 5.80. The van der Waals surface area contributed by atoms with Crippen LogP contribution < -0.4 is 4.74 Å². The predicted octanol–water partition coefficient (Wildman–Crippen LogP) is 2.51. The van der Waals surface area contributed by atoms with Crippen LogP contribution in [0, 0.1) is 5.31 Å². The molecule has 10 nitrogen and oxygen atoms in total. The molecule has 1 N–H and O–H groups in total. The van der Waals surface area contributed by atoms with Crippen molar-refractivity contribution in [2.45, 2.75) is 44.2 Å². The first-order valence-corrected chi connectivity index (χ1v) is 12.4. The van der Waals surface area contributed by atoms with Crippen LogP contribution in [0.5, 0.6) is 5.75 Å². The first kappa shape index (κ1) is 24.9. The maximum atomic E-state index is 12.7. The van der Waals surface area contributed by atoms with Gasteiger partial charge in [-0.25, -0.2) is 0 Å². The summed E-state index contributed by atoms with van der Waals surface area (Å²) >= 11 is 0. The van der Waals surface area contributed by atoms with Gasteiger partial charge in [0.1, 0.15) is 0 Å². The number of benzene rings is 1. The number of rotatable bonds is 11. The van der Waals surface area contributed by atoms with E-state index < -0.39 is 21.4 Å². The second kappa shape index (κ2) is 10.5. The van der Waals surface area contributed by atoms with Gasteiger partial charge in [-0.05, 0) is 0 Å². The molecule has 2 aromatic rings. The van der Waals surface area contributed by atoms with Crippen molar-refractivity contribution in [3.63, 3.8) is 0 Å². The van der Waals surface area contributed by atoms with Crippen LogP contribution in [-0.2, 0) is 31.4 Å². The van der Waals surface area contributed by atoms with Crippen molar-refractivity contribution in [3.05, 3.63) is 47.7 Å². The summed E-state index contributed by atoms with van der Waals surface area (Å²) in [6.07, 6.45) is 3.85. The second-order valence-corrected chi connectivity index (χ2v) is 9.96. The van der Waals surface area contributed by atoms with Gasteiger partial charge in [0.25, 0.3) is 0 Å². The topological polar surface area (TPSA) is 132 Å². The number of nitrogens with zero attached hydrogens (tertiary/aromatic N) is 2. The average Bonchev–Trinajstić information content (AvgIpc) is 3.44. The Morgan fingerprint density at radius 1 is 1.36 bits per heavy atom. The Balaban J connectivity index is 1.87. The monoisotopic (exact) mass is 477 g/mol. The van der Waals surface area contributed by atoms with E-state index in [1.807, 2.05) is 12.1 Å². The number of methoxy groups -OCH3 is 1. The molecule has 1 saturated carbocycles. The third-order valence-corrected chi connectivity index (χ3v) is 7.08. The number of carbonyl (C=O) groups is 1. The van der Waals surface area contributed by atoms with Crippen LogP contribution in [0.2, 0.25) is 0 Å². The molecule has 1 fully saturated rings. The molecule has 0 radical (unpaired) electrons. The van der Waals surface area contributed by atoms with E-state index in [1.54, 1.807) is 26.2 Å². The summed E-state index contributed by atoms with van der Waals surface area (Å²) in [7, 11) is -1.14. The molecule has 0 aliphatic heterocycles. The standard InChI is InChI=1S/C21H28BN3O7S/c1-4-30-19(26)18-13-31-20(24-18)21(14-32-22-23)10-9-16(11-21)25(33(3,27)28)12-15-5-7-17(29-2)8-6-15/h5-8,13,16,23H,4,9-12,14H2,1-3H3/t16-,21-/m0/s1. The molecule has 12 heteroatoms. The normalized spacial score (nSPS) is 20.4. The molecular formula is C21H28BN3O7S. The molecule has 1 aliphatic carbocycles. The van der Waals surface area contributed by atoms with Gasteiger partial charge in [-0.1, -0.05) is 0 Å². The Bertz CT molecular complexity index is 1070. The Morgan fingerprint density at radius 3 is 2.70 bits per heavy atom. The van der Waals surface area contributed by atoms with Crippen molar-refractivity contribution in [3.8, 4) is 5.75 Å². The fourth-order valence-electron chi connectivity index (χ4n) is 4.18. The average molecular weight is 477 g/mol. The number of hydrogen-bond donors (Lipinski definition) is 1. The van der Waals surface area contributed by atoms with Crippen LogP contribution >= 0.6 is 0 Å². The summed E-state index contributed by atoms with van der Waals surface area (Å²) in [5, 5.41) is 7.27. The Hall–Kier alpha value is -2.73. The van der Waals surface area contributed by atoms with E-state index >= 15 is 0 Å². The molecule has 33 heavy (non-hydrogen) atoms. The fraction of sp³-hybridized carbons (Fsp3) is 0.524. The first-order valence-electron chi connectivity index (χ1n) is 10.6. The van der Waals surface area contributed by atoms with Crippen LogP contribution in [0.15, 0.2) is 34.9 Å². The second-order valence-electron chi connectivity index (χ2n) is 8.02. The van der Waals surface area contributed by atoms with Gasteiger partial charge in [-0.2, -0.15) is 0 Å². The molecule has 3 rings (SSSR count). The summed E-state index contributed by atoms with van der Waals surface area (Å²) < 4.78 is 48.0. The summed E-state index contributed by atoms with van der Waals surface area (Å²) in [4.78, 5) is 16.4. The number of oxazole rings is 1. The minimum atomic E-state index is -3.54. The Kier molecular flexibility index (Phi) is 7.90.